The van der Waals surface area contributed by atoms with Crippen molar-refractivity contribution < 1.29 is 9.53 Å². The number of methoxy groups -OCH3 is 1. The lowest BCUT2D eigenvalue weighted by Crippen LogP contribution is -2.46. The highest BCUT2D eigenvalue weighted by Gasteiger charge is 2.43. The summed E-state index contributed by atoms with van der Waals surface area (Å²) in [5, 5.41) is 14.9. The summed E-state index contributed by atoms with van der Waals surface area (Å²) in [6.07, 6.45) is 7.35. The van der Waals surface area contributed by atoms with Crippen LogP contribution in [-0.2, 0) is 11.2 Å². The van der Waals surface area contributed by atoms with E-state index >= 15 is 0 Å². The third-order valence-electron chi connectivity index (χ3n) is 6.89. The molecule has 1 amide bonds. The monoisotopic (exact) mass is 482 g/mol. The molecule has 1 spiro atoms. The maximum Gasteiger partial charge on any atom is 0.229 e. The van der Waals surface area contributed by atoms with Crippen LogP contribution in [0.3, 0.4) is 0 Å². The molecule has 1 fully saturated rings. The molecule has 4 heterocycles. The summed E-state index contributed by atoms with van der Waals surface area (Å²) in [5.74, 6) is 0.980. The molecule has 2 aromatic heterocycles. The van der Waals surface area contributed by atoms with Crippen LogP contribution in [-0.4, -0.2) is 59.8 Å². The summed E-state index contributed by atoms with van der Waals surface area (Å²) < 4.78 is 5.21. The number of fused-ring (bicyclic) bond motifs is 1. The summed E-state index contributed by atoms with van der Waals surface area (Å²) in [5.41, 5.74) is 4.31. The third-order valence-corrected chi connectivity index (χ3v) is 7.20. The molecule has 2 aromatic rings. The highest BCUT2D eigenvalue weighted by atomic mass is 35.5. The number of allylic oxidation sites excluding steroid dienone is 1. The number of hydrogen-bond acceptors (Lipinski definition) is 7. The second-order valence-corrected chi connectivity index (χ2v) is 9.45. The van der Waals surface area contributed by atoms with Gasteiger partial charge in [-0.3, -0.25) is 4.79 Å². The van der Waals surface area contributed by atoms with Crippen LogP contribution in [0.25, 0.3) is 5.57 Å². The first-order valence-corrected chi connectivity index (χ1v) is 11.8. The van der Waals surface area contributed by atoms with Crippen molar-refractivity contribution in [1.29, 1.82) is 5.41 Å². The average Bonchev–Trinajstić information content (AvgIpc) is 3.24. The Hall–Kier alpha value is -3.13. The van der Waals surface area contributed by atoms with Gasteiger partial charge in [0.1, 0.15) is 5.82 Å². The molecule has 2 aliphatic heterocycles. The van der Waals surface area contributed by atoms with E-state index in [4.69, 9.17) is 26.7 Å². The van der Waals surface area contributed by atoms with E-state index in [1.165, 1.54) is 12.4 Å². The second-order valence-electron chi connectivity index (χ2n) is 9.05. The number of hydrogen-bond donors (Lipinski definition) is 3. The molecule has 4 rings (SSSR count). The van der Waals surface area contributed by atoms with Crippen LogP contribution in [0.5, 0.6) is 5.88 Å². The van der Waals surface area contributed by atoms with Crippen molar-refractivity contribution in [3.8, 4) is 5.88 Å². The molecule has 9 heteroatoms. The number of anilines is 1. The number of nitrogens with zero attached hydrogens (tertiary/aromatic N) is 3. The molecule has 0 aromatic carbocycles. The van der Waals surface area contributed by atoms with Gasteiger partial charge >= 0.3 is 0 Å². The molecular weight excluding hydrogens is 452 g/mol. The molecule has 8 nitrogen and oxygen atoms in total. The van der Waals surface area contributed by atoms with Crippen molar-refractivity contribution in [1.82, 2.24) is 20.2 Å². The summed E-state index contributed by atoms with van der Waals surface area (Å²) in [6.45, 7) is 5.16. The second kappa shape index (κ2) is 9.62. The SMILES string of the molecule is CN/C=C(\C=N)c1cc2c(nc1C)N[C@]1(CC2)CCN(C(=O)[C@H](C)c2cc(OC)ncc2Cl)C1. The van der Waals surface area contributed by atoms with Crippen LogP contribution in [0.4, 0.5) is 5.82 Å². The Morgan fingerprint density at radius 3 is 2.91 bits per heavy atom. The van der Waals surface area contributed by atoms with Gasteiger partial charge in [-0.25, -0.2) is 9.97 Å². The fourth-order valence-corrected chi connectivity index (χ4v) is 5.20. The standard InChI is InChI=1S/C25H31ClN6O2/c1-15(19-10-22(34-4)29-13-21(19)26)24(33)32-8-7-25(14-32)6-5-17-9-20(18(11-27)12-28-3)16(2)30-23(17)31-25/h9-13,15,27-28H,5-8,14H2,1-4H3,(H,30,31)/b18-12+,27-11?/t15-,25-/m1/s1. The molecular formula is C25H31ClN6O2. The highest BCUT2D eigenvalue weighted by Crippen LogP contribution is 2.38. The van der Waals surface area contributed by atoms with Gasteiger partial charge in [0, 0.05) is 61.6 Å². The van der Waals surface area contributed by atoms with E-state index in [-0.39, 0.29) is 11.4 Å². The Morgan fingerprint density at radius 2 is 2.21 bits per heavy atom. The van der Waals surface area contributed by atoms with Gasteiger partial charge in [0.25, 0.3) is 0 Å². The fraction of sp³-hybridized carbons (Fsp3) is 0.440. The number of rotatable bonds is 6. The number of nitrogens with one attached hydrogen (secondary N) is 3. The van der Waals surface area contributed by atoms with Gasteiger partial charge in [-0.15, -0.1) is 0 Å². The molecule has 34 heavy (non-hydrogen) atoms. The molecule has 2 aliphatic rings. The largest absolute Gasteiger partial charge is 0.481 e. The molecule has 3 N–H and O–H groups in total. The number of pyridine rings is 2. The lowest BCUT2D eigenvalue weighted by Gasteiger charge is -2.36. The van der Waals surface area contributed by atoms with E-state index < -0.39 is 5.92 Å². The number of ether oxygens (including phenoxy) is 1. The molecule has 0 bridgehead atoms. The van der Waals surface area contributed by atoms with Crippen LogP contribution in [0.1, 0.15) is 48.1 Å². The van der Waals surface area contributed by atoms with E-state index in [1.807, 2.05) is 32.0 Å². The molecule has 0 unspecified atom stereocenters. The normalized spacial score (nSPS) is 20.5. The molecule has 180 valence electrons. The Kier molecular flexibility index (Phi) is 6.79. The number of aromatic nitrogens is 2. The summed E-state index contributed by atoms with van der Waals surface area (Å²) >= 11 is 6.35. The van der Waals surface area contributed by atoms with E-state index in [9.17, 15) is 4.79 Å². The number of likely N-dealkylation sites (tertiary alicyclic amines) is 1. The number of halogens is 1. The van der Waals surface area contributed by atoms with E-state index in [2.05, 4.69) is 21.7 Å². The number of amides is 1. The Morgan fingerprint density at radius 1 is 1.41 bits per heavy atom. The van der Waals surface area contributed by atoms with Crippen molar-refractivity contribution in [2.75, 3.05) is 32.6 Å². The molecule has 0 radical (unpaired) electrons. The maximum atomic E-state index is 13.4. The number of carbonyl (C=O) groups is 1. The van der Waals surface area contributed by atoms with Crippen molar-refractivity contribution in [2.45, 2.75) is 44.6 Å². The summed E-state index contributed by atoms with van der Waals surface area (Å²) in [4.78, 5) is 24.2. The molecule has 0 saturated carbocycles. The number of carbonyl (C=O) groups excluding carboxylic acids is 1. The predicted molar refractivity (Wildman–Crippen MR) is 135 cm³/mol. The van der Waals surface area contributed by atoms with Crippen LogP contribution >= 0.6 is 11.6 Å². The van der Waals surface area contributed by atoms with Gasteiger partial charge in [-0.2, -0.15) is 0 Å². The van der Waals surface area contributed by atoms with E-state index in [0.717, 1.165) is 53.0 Å². The minimum absolute atomic E-state index is 0.0481. The zero-order valence-corrected chi connectivity index (χ0v) is 20.8. The summed E-state index contributed by atoms with van der Waals surface area (Å²) in [6, 6.07) is 3.87. The zero-order valence-electron chi connectivity index (χ0n) is 20.0. The van der Waals surface area contributed by atoms with Gasteiger partial charge in [-0.1, -0.05) is 11.6 Å². The van der Waals surface area contributed by atoms with E-state index in [1.54, 1.807) is 13.2 Å². The fourth-order valence-electron chi connectivity index (χ4n) is 4.93. The quantitative estimate of drug-likeness (QED) is 0.541. The van der Waals surface area contributed by atoms with Gasteiger partial charge < -0.3 is 25.7 Å². The first-order chi connectivity index (χ1) is 16.3. The van der Waals surface area contributed by atoms with Gasteiger partial charge in [0.2, 0.25) is 11.8 Å². The lowest BCUT2D eigenvalue weighted by molar-refractivity contribution is -0.131. The van der Waals surface area contributed by atoms with Crippen molar-refractivity contribution >= 4 is 35.1 Å². The smallest absolute Gasteiger partial charge is 0.229 e. The highest BCUT2D eigenvalue weighted by molar-refractivity contribution is 6.31. The predicted octanol–water partition coefficient (Wildman–Crippen LogP) is 3.79. The Balaban J connectivity index is 1.51. The van der Waals surface area contributed by atoms with Crippen LogP contribution in [0.15, 0.2) is 24.5 Å². The third kappa shape index (κ3) is 4.46. The molecule has 0 aliphatic carbocycles. The van der Waals surface area contributed by atoms with Gasteiger partial charge in [-0.05, 0) is 50.3 Å². The van der Waals surface area contributed by atoms with E-state index in [0.29, 0.717) is 24.0 Å². The summed E-state index contributed by atoms with van der Waals surface area (Å²) in [7, 11) is 3.37. The van der Waals surface area contributed by atoms with Crippen LogP contribution in [0.2, 0.25) is 5.02 Å². The van der Waals surface area contributed by atoms with Crippen LogP contribution in [0, 0.1) is 12.3 Å². The first kappa shape index (κ1) is 24.0. The minimum Gasteiger partial charge on any atom is -0.481 e. The minimum atomic E-state index is -0.392. The van der Waals surface area contributed by atoms with Gasteiger partial charge in [0.05, 0.1) is 23.6 Å². The topological polar surface area (TPSA) is 103 Å². The first-order valence-electron chi connectivity index (χ1n) is 11.5. The van der Waals surface area contributed by atoms with Crippen molar-refractivity contribution in [3.05, 3.63) is 51.9 Å². The Bertz CT molecular complexity index is 1150. The lowest BCUT2D eigenvalue weighted by atomic mass is 9.86. The maximum absolute atomic E-state index is 13.4. The number of aryl methyl sites for hydroxylation is 2. The van der Waals surface area contributed by atoms with Gasteiger partial charge in [0.15, 0.2) is 0 Å². The molecule has 1 saturated heterocycles. The van der Waals surface area contributed by atoms with Crippen LogP contribution < -0.4 is 15.4 Å². The zero-order chi connectivity index (χ0) is 24.5. The van der Waals surface area contributed by atoms with Crippen molar-refractivity contribution in [2.24, 2.45) is 0 Å². The Labute approximate surface area is 205 Å². The average molecular weight is 483 g/mol. The van der Waals surface area contributed by atoms with Crippen molar-refractivity contribution in [3.63, 3.8) is 0 Å². The molecule has 2 atom stereocenters.